The molecule has 0 fully saturated rings. The molecule has 0 saturated heterocycles. The Morgan fingerprint density at radius 2 is 2.08 bits per heavy atom. The van der Waals surface area contributed by atoms with E-state index < -0.39 is 12.8 Å². The zero-order valence-electron chi connectivity index (χ0n) is 13.7. The molecule has 2 aromatic rings. The van der Waals surface area contributed by atoms with Crippen molar-refractivity contribution in [3.8, 4) is 5.75 Å². The molecule has 1 aromatic heterocycles. The number of aromatic nitrogens is 2. The van der Waals surface area contributed by atoms with Crippen molar-refractivity contribution in [3.63, 3.8) is 0 Å². The maximum Gasteiger partial charge on any atom is 0.411 e. The number of carbonyl (C=O) groups excluding carboxylic acids is 1. The molecular weight excluding hydrogens is 337 g/mol. The summed E-state index contributed by atoms with van der Waals surface area (Å²) in [5.41, 5.74) is 1.53. The summed E-state index contributed by atoms with van der Waals surface area (Å²) in [7, 11) is 3.08. The Bertz CT molecular complexity index is 767. The molecule has 0 spiro atoms. The van der Waals surface area contributed by atoms with Crippen molar-refractivity contribution in [2.45, 2.75) is 12.8 Å². The average Bonchev–Trinajstić information content (AvgIpc) is 2.98. The Morgan fingerprint density at radius 1 is 1.32 bits per heavy atom. The molecule has 0 aliphatic carbocycles. The topological polar surface area (TPSA) is 53.3 Å². The number of halogens is 3. The second kappa shape index (κ2) is 7.98. The predicted molar refractivity (Wildman–Crippen MR) is 85.3 cm³/mol. The third-order valence-corrected chi connectivity index (χ3v) is 3.33. The van der Waals surface area contributed by atoms with Gasteiger partial charge in [-0.15, -0.1) is 0 Å². The summed E-state index contributed by atoms with van der Waals surface area (Å²) in [6.07, 6.45) is 0.0754. The molecule has 8 heteroatoms. The van der Waals surface area contributed by atoms with Gasteiger partial charge >= 0.3 is 6.18 Å². The highest BCUT2D eigenvalue weighted by atomic mass is 19.4. The number of allylic oxidation sites excluding steroid dienone is 1. The van der Waals surface area contributed by atoms with Crippen LogP contribution in [0.3, 0.4) is 0 Å². The zero-order valence-corrected chi connectivity index (χ0v) is 13.7. The standard InChI is InChI=1S/C17H17F3N2O3/c1-22-14(7-8-21-22)15(23)5-3-12-4-6-16(24-2)13(9-12)10-25-11-17(18,19)20/h3-9H,10-11H2,1-2H3/b5-3+. The molecule has 134 valence electrons. The fourth-order valence-corrected chi connectivity index (χ4v) is 2.16. The van der Waals surface area contributed by atoms with Gasteiger partial charge in [0.2, 0.25) is 5.78 Å². The Balaban J connectivity index is 2.11. The predicted octanol–water partition coefficient (Wildman–Crippen LogP) is 3.40. The lowest BCUT2D eigenvalue weighted by Gasteiger charge is -2.11. The number of ketones is 1. The van der Waals surface area contributed by atoms with Gasteiger partial charge in [0.1, 0.15) is 18.1 Å². The Hall–Kier alpha value is -2.61. The highest BCUT2D eigenvalue weighted by Gasteiger charge is 2.27. The van der Waals surface area contributed by atoms with E-state index in [-0.39, 0.29) is 12.4 Å². The van der Waals surface area contributed by atoms with Crippen LogP contribution in [0.2, 0.25) is 0 Å². The molecule has 0 radical (unpaired) electrons. The molecule has 0 bridgehead atoms. The second-order valence-electron chi connectivity index (χ2n) is 5.22. The fraction of sp³-hybridized carbons (Fsp3) is 0.294. The van der Waals surface area contributed by atoms with E-state index in [2.05, 4.69) is 9.84 Å². The Kier molecular flexibility index (Phi) is 5.97. The van der Waals surface area contributed by atoms with Crippen molar-refractivity contribution in [3.05, 3.63) is 53.4 Å². The van der Waals surface area contributed by atoms with E-state index in [9.17, 15) is 18.0 Å². The van der Waals surface area contributed by atoms with Crippen LogP contribution >= 0.6 is 0 Å². The summed E-state index contributed by atoms with van der Waals surface area (Å²) in [5, 5.41) is 3.92. The van der Waals surface area contributed by atoms with E-state index in [1.54, 1.807) is 37.4 Å². The van der Waals surface area contributed by atoms with Gasteiger partial charge in [-0.25, -0.2) is 0 Å². The first-order chi connectivity index (χ1) is 11.8. The van der Waals surface area contributed by atoms with Crippen LogP contribution in [0, 0.1) is 0 Å². The van der Waals surface area contributed by atoms with Crippen LogP contribution in [-0.2, 0) is 18.4 Å². The molecule has 1 heterocycles. The smallest absolute Gasteiger partial charge is 0.411 e. The highest BCUT2D eigenvalue weighted by molar-refractivity contribution is 6.05. The number of hydrogen-bond donors (Lipinski definition) is 0. The number of methoxy groups -OCH3 is 1. The molecule has 1 aromatic carbocycles. The fourth-order valence-electron chi connectivity index (χ4n) is 2.16. The van der Waals surface area contributed by atoms with Gasteiger partial charge in [0.25, 0.3) is 0 Å². The number of carbonyl (C=O) groups is 1. The quantitative estimate of drug-likeness (QED) is 0.565. The van der Waals surface area contributed by atoms with Gasteiger partial charge in [-0.1, -0.05) is 12.1 Å². The average molecular weight is 354 g/mol. The molecule has 0 amide bonds. The molecule has 2 rings (SSSR count). The minimum absolute atomic E-state index is 0.231. The van der Waals surface area contributed by atoms with Gasteiger partial charge in [-0.2, -0.15) is 18.3 Å². The van der Waals surface area contributed by atoms with E-state index in [0.29, 0.717) is 22.6 Å². The number of ether oxygens (including phenoxy) is 2. The van der Waals surface area contributed by atoms with Gasteiger partial charge in [-0.05, 0) is 29.8 Å². The van der Waals surface area contributed by atoms with E-state index in [0.717, 1.165) is 0 Å². The number of benzene rings is 1. The van der Waals surface area contributed by atoms with Crippen molar-refractivity contribution in [2.24, 2.45) is 7.05 Å². The SMILES string of the molecule is COc1ccc(/C=C/C(=O)c2ccnn2C)cc1COCC(F)(F)F. The minimum Gasteiger partial charge on any atom is -0.496 e. The lowest BCUT2D eigenvalue weighted by molar-refractivity contribution is -0.176. The summed E-state index contributed by atoms with van der Waals surface area (Å²) in [6, 6.07) is 6.51. The van der Waals surface area contributed by atoms with Crippen molar-refractivity contribution >= 4 is 11.9 Å². The number of alkyl halides is 3. The minimum atomic E-state index is -4.39. The lowest BCUT2D eigenvalue weighted by atomic mass is 10.1. The van der Waals surface area contributed by atoms with Crippen LogP contribution in [0.25, 0.3) is 6.08 Å². The molecule has 25 heavy (non-hydrogen) atoms. The molecule has 0 unspecified atom stereocenters. The van der Waals surface area contributed by atoms with Crippen LogP contribution in [0.4, 0.5) is 13.2 Å². The van der Waals surface area contributed by atoms with Gasteiger partial charge in [0.05, 0.1) is 13.7 Å². The van der Waals surface area contributed by atoms with E-state index in [4.69, 9.17) is 4.74 Å². The first kappa shape index (κ1) is 18.7. The van der Waals surface area contributed by atoms with Gasteiger partial charge in [0.15, 0.2) is 0 Å². The summed E-state index contributed by atoms with van der Waals surface area (Å²) in [4.78, 5) is 12.1. The maximum atomic E-state index is 12.2. The lowest BCUT2D eigenvalue weighted by Crippen LogP contribution is -2.16. The van der Waals surface area contributed by atoms with E-state index in [1.807, 2.05) is 0 Å². The summed E-state index contributed by atoms with van der Waals surface area (Å²) < 4.78 is 47.8. The first-order valence-electron chi connectivity index (χ1n) is 7.32. The Morgan fingerprint density at radius 3 is 2.68 bits per heavy atom. The normalized spacial score (nSPS) is 11.9. The number of rotatable bonds is 7. The highest BCUT2D eigenvalue weighted by Crippen LogP contribution is 2.23. The second-order valence-corrected chi connectivity index (χ2v) is 5.22. The summed E-state index contributed by atoms with van der Waals surface area (Å²) in [6.45, 7) is -1.59. The van der Waals surface area contributed by atoms with Crippen LogP contribution in [0.5, 0.6) is 5.75 Å². The van der Waals surface area contributed by atoms with Crippen molar-refractivity contribution in [1.82, 2.24) is 9.78 Å². The maximum absolute atomic E-state index is 12.2. The van der Waals surface area contributed by atoms with Crippen LogP contribution in [0.1, 0.15) is 21.6 Å². The van der Waals surface area contributed by atoms with Crippen molar-refractivity contribution in [1.29, 1.82) is 0 Å². The molecule has 0 aliphatic heterocycles. The molecule has 5 nitrogen and oxygen atoms in total. The number of aryl methyl sites for hydroxylation is 1. The molecule has 0 aliphatic rings. The van der Waals surface area contributed by atoms with E-state index >= 15 is 0 Å². The summed E-state index contributed by atoms with van der Waals surface area (Å²) >= 11 is 0. The van der Waals surface area contributed by atoms with Gasteiger partial charge in [-0.3, -0.25) is 9.48 Å². The number of hydrogen-bond acceptors (Lipinski definition) is 4. The molecular formula is C17H17F3N2O3. The van der Waals surface area contributed by atoms with Crippen molar-refractivity contribution in [2.75, 3.05) is 13.7 Å². The largest absolute Gasteiger partial charge is 0.496 e. The summed E-state index contributed by atoms with van der Waals surface area (Å²) in [5.74, 6) is 0.183. The van der Waals surface area contributed by atoms with E-state index in [1.165, 1.54) is 24.1 Å². The zero-order chi connectivity index (χ0) is 18.4. The third-order valence-electron chi connectivity index (χ3n) is 3.33. The molecule has 0 saturated carbocycles. The van der Waals surface area contributed by atoms with Crippen molar-refractivity contribution < 1.29 is 27.4 Å². The van der Waals surface area contributed by atoms with Crippen LogP contribution in [0.15, 0.2) is 36.5 Å². The Labute approximate surface area is 142 Å². The molecule has 0 atom stereocenters. The van der Waals surface area contributed by atoms with Gasteiger partial charge < -0.3 is 9.47 Å². The number of nitrogens with zero attached hydrogens (tertiary/aromatic N) is 2. The first-order valence-corrected chi connectivity index (χ1v) is 7.32. The van der Waals surface area contributed by atoms with Crippen LogP contribution < -0.4 is 4.74 Å². The monoisotopic (exact) mass is 354 g/mol. The van der Waals surface area contributed by atoms with Gasteiger partial charge in [0, 0.05) is 18.8 Å². The third kappa shape index (κ3) is 5.46. The van der Waals surface area contributed by atoms with Crippen LogP contribution in [-0.4, -0.2) is 35.5 Å². The molecule has 0 N–H and O–H groups in total.